The predicted octanol–water partition coefficient (Wildman–Crippen LogP) is 5.46. The monoisotopic (exact) mass is 501 g/mol. The normalized spacial score (nSPS) is 15.1. The van der Waals surface area contributed by atoms with Crippen molar-refractivity contribution in [1.29, 1.82) is 0 Å². The van der Waals surface area contributed by atoms with Crippen molar-refractivity contribution in [3.63, 3.8) is 0 Å². The number of alkyl halides is 3. The van der Waals surface area contributed by atoms with Gasteiger partial charge in [-0.3, -0.25) is 9.69 Å². The number of rotatable bonds is 8. The molecule has 0 atom stereocenters. The fourth-order valence-electron chi connectivity index (χ4n) is 5.13. The van der Waals surface area contributed by atoms with E-state index in [1.807, 2.05) is 25.1 Å². The van der Waals surface area contributed by atoms with E-state index in [4.69, 9.17) is 4.74 Å². The Hall–Kier alpha value is -2.84. The van der Waals surface area contributed by atoms with E-state index in [2.05, 4.69) is 4.90 Å². The summed E-state index contributed by atoms with van der Waals surface area (Å²) in [5.74, 6) is 0.724. The zero-order chi connectivity index (χ0) is 25.9. The second kappa shape index (κ2) is 11.0. The number of aromatic nitrogens is 1. The van der Waals surface area contributed by atoms with Gasteiger partial charge in [-0.05, 0) is 74.6 Å². The number of hydrogen-bond donors (Lipinski definition) is 0. The van der Waals surface area contributed by atoms with E-state index in [0.29, 0.717) is 12.1 Å². The molecule has 0 aliphatic carbocycles. The molecule has 0 radical (unpaired) electrons. The van der Waals surface area contributed by atoms with Gasteiger partial charge in [0.25, 0.3) is 5.56 Å². The molecule has 194 valence electrons. The second-order valence-electron chi connectivity index (χ2n) is 9.74. The highest BCUT2D eigenvalue weighted by Gasteiger charge is 2.33. The van der Waals surface area contributed by atoms with Gasteiger partial charge in [0.05, 0.1) is 18.2 Å². The Morgan fingerprint density at radius 3 is 2.36 bits per heavy atom. The van der Waals surface area contributed by atoms with Crippen LogP contribution in [0.15, 0.2) is 47.3 Å². The number of pyridine rings is 1. The summed E-state index contributed by atoms with van der Waals surface area (Å²) in [7, 11) is 3.36. The molecule has 2 aromatic carbocycles. The number of methoxy groups -OCH3 is 1. The largest absolute Gasteiger partial charge is 0.496 e. The average Bonchev–Trinajstić information content (AvgIpc) is 2.84. The molecule has 2 heterocycles. The topological polar surface area (TPSA) is 37.7 Å². The Bertz CT molecular complexity index is 1260. The summed E-state index contributed by atoms with van der Waals surface area (Å²) in [6, 6.07) is 11.4. The third-order valence-corrected chi connectivity index (χ3v) is 6.98. The summed E-state index contributed by atoms with van der Waals surface area (Å²) in [4.78, 5) is 17.8. The van der Waals surface area contributed by atoms with Gasteiger partial charge in [-0.2, -0.15) is 13.2 Å². The van der Waals surface area contributed by atoms with E-state index in [-0.39, 0.29) is 24.2 Å². The molecule has 5 nitrogen and oxygen atoms in total. The van der Waals surface area contributed by atoms with E-state index >= 15 is 0 Å². The maximum Gasteiger partial charge on any atom is 0.416 e. The molecule has 1 aromatic heterocycles. The van der Waals surface area contributed by atoms with Crippen LogP contribution in [0.3, 0.4) is 0 Å². The molecule has 0 spiro atoms. The summed E-state index contributed by atoms with van der Waals surface area (Å²) >= 11 is 0. The van der Waals surface area contributed by atoms with Crippen LogP contribution in [0.4, 0.5) is 13.2 Å². The maximum absolute atomic E-state index is 13.7. The van der Waals surface area contributed by atoms with Gasteiger partial charge in [0.1, 0.15) is 5.75 Å². The number of hydrogen-bond acceptors (Lipinski definition) is 4. The molecular weight excluding hydrogens is 467 g/mol. The zero-order valence-electron chi connectivity index (χ0n) is 21.2. The van der Waals surface area contributed by atoms with Crippen molar-refractivity contribution in [3.05, 3.63) is 75.1 Å². The Labute approximate surface area is 210 Å². The first-order valence-electron chi connectivity index (χ1n) is 12.4. The van der Waals surface area contributed by atoms with Crippen molar-refractivity contribution in [2.45, 2.75) is 52.0 Å². The second-order valence-corrected chi connectivity index (χ2v) is 9.74. The van der Waals surface area contributed by atoms with Gasteiger partial charge in [0.2, 0.25) is 0 Å². The van der Waals surface area contributed by atoms with Crippen LogP contribution in [0.1, 0.15) is 41.5 Å². The molecule has 0 bridgehead atoms. The molecule has 3 aromatic rings. The van der Waals surface area contributed by atoms with E-state index in [1.54, 1.807) is 29.7 Å². The molecule has 36 heavy (non-hydrogen) atoms. The standard InChI is InChI=1S/C28H34F3N3O2/c1-20-15-22-16-23(19-32(2)18-21-9-5-6-10-24(21)28(29,30)31)27(35)34(25(22)17-26(20)36-3)14-13-33-11-7-4-8-12-33/h5-6,9-10,15-17H,4,7-8,11-14,18-19H2,1-3H3. The Morgan fingerprint density at radius 2 is 1.67 bits per heavy atom. The van der Waals surface area contributed by atoms with E-state index in [0.717, 1.165) is 47.9 Å². The number of likely N-dealkylation sites (tertiary alicyclic amines) is 1. The van der Waals surface area contributed by atoms with E-state index in [1.165, 1.54) is 31.4 Å². The fourth-order valence-corrected chi connectivity index (χ4v) is 5.13. The lowest BCUT2D eigenvalue weighted by Crippen LogP contribution is -2.36. The van der Waals surface area contributed by atoms with Crippen molar-refractivity contribution in [1.82, 2.24) is 14.4 Å². The number of fused-ring (bicyclic) bond motifs is 1. The summed E-state index contributed by atoms with van der Waals surface area (Å²) in [5.41, 5.74) is 1.79. The number of benzene rings is 2. The Kier molecular flexibility index (Phi) is 8.05. The molecule has 0 amide bonds. The SMILES string of the molecule is COc1cc2c(cc1C)cc(CN(C)Cc1ccccc1C(F)(F)F)c(=O)n2CCN1CCCCC1. The van der Waals surface area contributed by atoms with Crippen molar-refractivity contribution in [2.75, 3.05) is 33.8 Å². The highest BCUT2D eigenvalue weighted by molar-refractivity contribution is 5.82. The van der Waals surface area contributed by atoms with Gasteiger partial charge >= 0.3 is 6.18 Å². The summed E-state index contributed by atoms with van der Waals surface area (Å²) in [6.07, 6.45) is -0.826. The van der Waals surface area contributed by atoms with Gasteiger partial charge in [-0.15, -0.1) is 0 Å². The van der Waals surface area contributed by atoms with E-state index < -0.39 is 11.7 Å². The van der Waals surface area contributed by atoms with Gasteiger partial charge in [-0.25, -0.2) is 0 Å². The van der Waals surface area contributed by atoms with Crippen LogP contribution in [-0.2, 0) is 25.8 Å². The van der Waals surface area contributed by atoms with Gasteiger partial charge in [0.15, 0.2) is 0 Å². The molecule has 1 saturated heterocycles. The molecule has 4 rings (SSSR count). The average molecular weight is 502 g/mol. The number of halogens is 3. The summed E-state index contributed by atoms with van der Waals surface area (Å²) in [5, 5.41) is 0.922. The number of ether oxygens (including phenoxy) is 1. The lowest BCUT2D eigenvalue weighted by molar-refractivity contribution is -0.138. The number of nitrogens with zero attached hydrogens (tertiary/aromatic N) is 3. The quantitative estimate of drug-likeness (QED) is 0.411. The van der Waals surface area contributed by atoms with Crippen LogP contribution >= 0.6 is 0 Å². The molecule has 8 heteroatoms. The fraction of sp³-hybridized carbons (Fsp3) is 0.464. The maximum atomic E-state index is 13.7. The van der Waals surface area contributed by atoms with Crippen molar-refractivity contribution >= 4 is 10.9 Å². The molecule has 1 aliphatic rings. The molecule has 0 N–H and O–H groups in total. The van der Waals surface area contributed by atoms with E-state index in [9.17, 15) is 18.0 Å². The molecule has 0 saturated carbocycles. The first-order valence-corrected chi connectivity index (χ1v) is 12.4. The van der Waals surface area contributed by atoms with Crippen LogP contribution in [0.2, 0.25) is 0 Å². The zero-order valence-corrected chi connectivity index (χ0v) is 21.2. The third-order valence-electron chi connectivity index (χ3n) is 6.98. The Morgan fingerprint density at radius 1 is 0.972 bits per heavy atom. The van der Waals surface area contributed by atoms with Crippen LogP contribution in [0.5, 0.6) is 5.75 Å². The number of aryl methyl sites for hydroxylation is 1. The van der Waals surface area contributed by atoms with Gasteiger partial charge in [-0.1, -0.05) is 24.6 Å². The summed E-state index contributed by atoms with van der Waals surface area (Å²) < 4.78 is 47.7. The minimum Gasteiger partial charge on any atom is -0.496 e. The lowest BCUT2D eigenvalue weighted by Gasteiger charge is -2.27. The molecular formula is C28H34F3N3O2. The van der Waals surface area contributed by atoms with Crippen LogP contribution in [-0.4, -0.2) is 48.2 Å². The highest BCUT2D eigenvalue weighted by atomic mass is 19.4. The van der Waals surface area contributed by atoms with Crippen molar-refractivity contribution < 1.29 is 17.9 Å². The summed E-state index contributed by atoms with van der Waals surface area (Å²) in [6.45, 7) is 5.70. The van der Waals surface area contributed by atoms with Crippen molar-refractivity contribution in [2.24, 2.45) is 0 Å². The smallest absolute Gasteiger partial charge is 0.416 e. The molecule has 1 fully saturated rings. The van der Waals surface area contributed by atoms with Gasteiger partial charge < -0.3 is 14.2 Å². The Balaban J connectivity index is 1.66. The number of piperidine rings is 1. The first-order chi connectivity index (χ1) is 17.2. The third kappa shape index (κ3) is 5.93. The first kappa shape index (κ1) is 26.2. The highest BCUT2D eigenvalue weighted by Crippen LogP contribution is 2.32. The minimum atomic E-state index is -4.42. The van der Waals surface area contributed by atoms with Crippen LogP contribution in [0.25, 0.3) is 10.9 Å². The van der Waals surface area contributed by atoms with Crippen LogP contribution in [0, 0.1) is 6.92 Å². The molecule has 1 aliphatic heterocycles. The van der Waals surface area contributed by atoms with Gasteiger partial charge in [0, 0.05) is 37.8 Å². The lowest BCUT2D eigenvalue weighted by atomic mass is 10.1. The molecule has 0 unspecified atom stereocenters. The minimum absolute atomic E-state index is 0.0859. The van der Waals surface area contributed by atoms with Crippen molar-refractivity contribution in [3.8, 4) is 5.75 Å². The van der Waals surface area contributed by atoms with Crippen LogP contribution < -0.4 is 10.3 Å². The predicted molar refractivity (Wildman–Crippen MR) is 136 cm³/mol.